The number of thioether (sulfide) groups is 1. The monoisotopic (exact) mass is 1560 g/mol. The van der Waals surface area contributed by atoms with E-state index in [1.807, 2.05) is 85.4 Å². The molecule has 3 aromatic carbocycles. The lowest BCUT2D eigenvalue weighted by molar-refractivity contribution is -0.144. The van der Waals surface area contributed by atoms with Gasteiger partial charge in [-0.05, 0) is 184 Å². The van der Waals surface area contributed by atoms with Crippen molar-refractivity contribution in [3.63, 3.8) is 0 Å². The highest BCUT2D eigenvalue weighted by molar-refractivity contribution is 7.99. The normalized spacial score (nSPS) is 15.0. The van der Waals surface area contributed by atoms with Crippen molar-refractivity contribution in [2.75, 3.05) is 86.4 Å². The molecule has 0 saturated carbocycles. The Morgan fingerprint density at radius 1 is 0.464 bits per heavy atom. The van der Waals surface area contributed by atoms with Crippen molar-refractivity contribution in [3.05, 3.63) is 177 Å². The number of rotatable bonds is 29. The van der Waals surface area contributed by atoms with E-state index in [2.05, 4.69) is 54.3 Å². The number of hydrogen-bond donors (Lipinski definition) is 4. The van der Waals surface area contributed by atoms with E-state index in [0.717, 1.165) is 137 Å². The molecule has 110 heavy (non-hydrogen) atoms. The number of sulfone groups is 2. The number of carboxylic acid groups (broad SMARTS) is 1. The van der Waals surface area contributed by atoms with Crippen LogP contribution in [0.25, 0.3) is 0 Å². The standard InChI is InChI=1S/C27H32N4O6S.C27H32N4O4S.C25H28N4O6S/c1-3-35-26(32)15-20(19-7-9-23-24(14-19)37-17-36-23)13-22-16-25(31(2)30-22)38(33,34)12-10-21-8-6-18-5-4-11-28-27(18)29-21;1-3-33-26(32)15-20(19-7-9-23-24(14-19)35-17-34-23)13-22-16-25(31(2)30-22)36-12-10-21-8-6-18-5-4-11-28-27(18)29-21;1-29-23(36(32,33)10-8-19-6-4-16-3-2-9-26-25(16)27-19)14-20(28-29)11-18(13-24(30)31)17-5-7-21-22(12-17)35-15-34-21/h6-9,14,16,20H,3-5,10-13,15,17H2,1-2H3,(H,28,29);6-9,14,16,20H,3-5,10-13,15,17H2,1-2H3,(H,28,29);4-7,12,14,18H,2-3,8-11,13,15H2,1H3,(H,26,27)(H,30,31). The van der Waals surface area contributed by atoms with Gasteiger partial charge in [0.25, 0.3) is 0 Å². The summed E-state index contributed by atoms with van der Waals surface area (Å²) in [6.45, 7) is 7.49. The van der Waals surface area contributed by atoms with Gasteiger partial charge in [-0.25, -0.2) is 31.8 Å². The number of esters is 2. The largest absolute Gasteiger partial charge is 0.481 e. The number of nitrogens with one attached hydrogen (secondary N) is 3. The minimum absolute atomic E-state index is 0.0708. The average molecular weight is 1560 g/mol. The number of aromatic nitrogens is 9. The van der Waals surface area contributed by atoms with Crippen LogP contribution in [0.4, 0.5) is 17.5 Å². The van der Waals surface area contributed by atoms with Gasteiger partial charge in [0, 0.05) is 94.2 Å². The second-order valence-corrected chi connectivity index (χ2v) is 32.9. The fourth-order valence-electron chi connectivity index (χ4n) is 14.2. The van der Waals surface area contributed by atoms with Gasteiger partial charge in [-0.3, -0.25) is 28.4 Å². The first-order valence-corrected chi connectivity index (χ1v) is 41.5. The van der Waals surface area contributed by atoms with E-state index in [4.69, 9.17) is 48.0 Å². The summed E-state index contributed by atoms with van der Waals surface area (Å²) in [5.41, 5.74) is 10.9. The van der Waals surface area contributed by atoms with Crippen LogP contribution >= 0.6 is 11.8 Å². The van der Waals surface area contributed by atoms with Crippen molar-refractivity contribution in [2.24, 2.45) is 21.1 Å². The number of carboxylic acids is 1. The van der Waals surface area contributed by atoms with Crippen LogP contribution in [-0.4, -0.2) is 155 Å². The summed E-state index contributed by atoms with van der Waals surface area (Å²) in [5, 5.41) is 34.4. The molecule has 6 aliphatic rings. The lowest BCUT2D eigenvalue weighted by Crippen LogP contribution is -2.16. The molecule has 15 rings (SSSR count). The molecule has 0 fully saturated rings. The highest BCUT2D eigenvalue weighted by atomic mass is 32.2. The number of hydrogen-bond acceptors (Lipinski definition) is 25. The summed E-state index contributed by atoms with van der Waals surface area (Å²) >= 11 is 1.77. The Bertz CT molecular complexity index is 5050. The van der Waals surface area contributed by atoms with E-state index < -0.39 is 31.6 Å². The van der Waals surface area contributed by atoms with Crippen molar-refractivity contribution < 1.29 is 74.2 Å². The summed E-state index contributed by atoms with van der Waals surface area (Å²) in [4.78, 5) is 50.3. The number of ether oxygens (including phenoxy) is 8. The maximum atomic E-state index is 13.3. The molecule has 3 unspecified atom stereocenters. The molecule has 6 aliphatic heterocycles. The predicted octanol–water partition coefficient (Wildman–Crippen LogP) is 10.4. The zero-order valence-electron chi connectivity index (χ0n) is 62.3. The maximum Gasteiger partial charge on any atom is 0.306 e. The molecule has 31 heteroatoms. The van der Waals surface area contributed by atoms with Gasteiger partial charge in [0.2, 0.25) is 20.4 Å². The van der Waals surface area contributed by atoms with Crippen molar-refractivity contribution in [2.45, 2.75) is 143 Å². The smallest absolute Gasteiger partial charge is 0.306 e. The summed E-state index contributed by atoms with van der Waals surface area (Å²) in [7, 11) is -2.07. The lowest BCUT2D eigenvalue weighted by Gasteiger charge is -2.17. The van der Waals surface area contributed by atoms with Gasteiger partial charge in [0.15, 0.2) is 64.2 Å². The second-order valence-electron chi connectivity index (χ2n) is 27.7. The van der Waals surface area contributed by atoms with Gasteiger partial charge in [0.05, 0.1) is 66.1 Å². The molecule has 28 nitrogen and oxygen atoms in total. The summed E-state index contributed by atoms with van der Waals surface area (Å²) < 4.78 is 101. The van der Waals surface area contributed by atoms with Crippen LogP contribution in [0.15, 0.2) is 124 Å². The molecular formula is C79H92N12O16S3. The molecule has 9 aromatic rings. The number of benzene rings is 3. The molecule has 0 amide bonds. The van der Waals surface area contributed by atoms with Crippen molar-refractivity contribution in [1.82, 2.24) is 44.3 Å². The summed E-state index contributed by atoms with van der Waals surface area (Å²) in [6.07, 6.45) is 9.39. The first-order chi connectivity index (χ1) is 53.2. The Morgan fingerprint density at radius 2 is 0.827 bits per heavy atom. The number of anilines is 3. The number of fused-ring (bicyclic) bond motifs is 6. The Hall–Kier alpha value is -10.4. The van der Waals surface area contributed by atoms with E-state index in [0.29, 0.717) is 66.0 Å². The predicted molar refractivity (Wildman–Crippen MR) is 410 cm³/mol. The molecule has 12 heterocycles. The molecular weight excluding hydrogens is 1470 g/mol. The Labute approximate surface area is 643 Å². The number of carbonyl (C=O) groups excluding carboxylic acids is 2. The first kappa shape index (κ1) is 77.7. The highest BCUT2D eigenvalue weighted by Crippen LogP contribution is 2.41. The third-order valence-corrected chi connectivity index (χ3v) is 24.5. The second kappa shape index (κ2) is 35.5. The van der Waals surface area contributed by atoms with Crippen LogP contribution in [0.5, 0.6) is 34.5 Å². The zero-order valence-corrected chi connectivity index (χ0v) is 64.8. The third-order valence-electron chi connectivity index (χ3n) is 19.8. The molecule has 0 bridgehead atoms. The number of aryl methyl sites for hydroxylation is 9. The average Bonchev–Trinajstić information content (AvgIpc) is 1.68. The van der Waals surface area contributed by atoms with Gasteiger partial charge in [-0.2, -0.15) is 15.3 Å². The van der Waals surface area contributed by atoms with Crippen LogP contribution in [-0.2, 0) is 122 Å². The van der Waals surface area contributed by atoms with E-state index in [1.54, 1.807) is 57.0 Å². The number of aliphatic carboxylic acids is 1. The van der Waals surface area contributed by atoms with Crippen molar-refractivity contribution >= 4 is 66.8 Å². The lowest BCUT2D eigenvalue weighted by atomic mass is 9.91. The van der Waals surface area contributed by atoms with Crippen molar-refractivity contribution in [3.8, 4) is 34.5 Å². The fourth-order valence-corrected chi connectivity index (χ4v) is 18.1. The molecule has 4 N–H and O–H groups in total. The first-order valence-electron chi connectivity index (χ1n) is 37.3. The van der Waals surface area contributed by atoms with Crippen LogP contribution < -0.4 is 44.4 Å². The van der Waals surface area contributed by atoms with E-state index in [9.17, 15) is 36.3 Å². The quantitative estimate of drug-likeness (QED) is 0.0250. The molecule has 0 radical (unpaired) electrons. The molecule has 0 saturated heterocycles. The van der Waals surface area contributed by atoms with Crippen LogP contribution in [0.2, 0.25) is 0 Å². The number of pyridine rings is 3. The Kier molecular flexibility index (Phi) is 25.1. The summed E-state index contributed by atoms with van der Waals surface area (Å²) in [6, 6.07) is 34.2. The molecule has 0 spiro atoms. The number of carbonyl (C=O) groups is 3. The topological polar surface area (TPSA) is 342 Å². The van der Waals surface area contributed by atoms with E-state index >= 15 is 0 Å². The van der Waals surface area contributed by atoms with Gasteiger partial charge in [0.1, 0.15) is 17.5 Å². The van der Waals surface area contributed by atoms with Gasteiger partial charge < -0.3 is 59.0 Å². The minimum atomic E-state index is -3.63. The fraction of sp³-hybridized carbons (Fsp3) is 0.430. The van der Waals surface area contributed by atoms with Gasteiger partial charge in [-0.1, -0.05) is 36.4 Å². The number of nitrogens with zero attached hydrogens (tertiary/aromatic N) is 9. The van der Waals surface area contributed by atoms with Crippen LogP contribution in [0, 0.1) is 0 Å². The third kappa shape index (κ3) is 19.8. The summed E-state index contributed by atoms with van der Waals surface area (Å²) in [5.74, 6) is 5.13. The molecule has 6 aromatic heterocycles. The highest BCUT2D eigenvalue weighted by Gasteiger charge is 2.30. The minimum Gasteiger partial charge on any atom is -0.481 e. The van der Waals surface area contributed by atoms with E-state index in [1.165, 1.54) is 26.9 Å². The van der Waals surface area contributed by atoms with Gasteiger partial charge >= 0.3 is 17.9 Å². The zero-order chi connectivity index (χ0) is 76.9. The van der Waals surface area contributed by atoms with Crippen LogP contribution in [0.1, 0.15) is 138 Å². The van der Waals surface area contributed by atoms with Gasteiger partial charge in [-0.15, -0.1) is 11.8 Å². The van der Waals surface area contributed by atoms with Crippen molar-refractivity contribution in [1.29, 1.82) is 0 Å². The Morgan fingerprint density at radius 3 is 1.22 bits per heavy atom. The van der Waals surface area contributed by atoms with E-state index in [-0.39, 0.29) is 104 Å². The molecule has 582 valence electrons. The molecule has 0 aliphatic carbocycles. The SMILES string of the molecule is CCOC(=O)CC(Cc1cc(S(=O)(=O)CCc2ccc3c(n2)NCCC3)n(C)n1)c1ccc2c(c1)OCO2.CCOC(=O)CC(Cc1cc(SCCc2ccc3c(n2)NCCC3)n(C)n1)c1ccc2c(c1)OCO2.Cn1nc(CC(CC(=O)O)c2ccc3c(c2)OCO3)cc1S(=O)(=O)CCc1ccc2c(n1)NCCC2. The maximum absolute atomic E-state index is 13.3. The van der Waals surface area contributed by atoms with Crippen LogP contribution in [0.3, 0.4) is 0 Å². The molecule has 3 atom stereocenters. The Balaban J connectivity index is 0.000000145.